The molecule has 522 valence electrons. The number of esters is 4. The van der Waals surface area contributed by atoms with E-state index in [1.807, 2.05) is 0 Å². The van der Waals surface area contributed by atoms with Crippen molar-refractivity contribution in [3.8, 4) is 0 Å². The third-order valence-electron chi connectivity index (χ3n) is 15.8. The van der Waals surface area contributed by atoms with Crippen LogP contribution < -0.4 is 0 Å². The van der Waals surface area contributed by atoms with E-state index < -0.39 is 97.5 Å². The van der Waals surface area contributed by atoms with Crippen molar-refractivity contribution >= 4 is 39.5 Å². The summed E-state index contributed by atoms with van der Waals surface area (Å²) in [5, 5.41) is 10.6. The average Bonchev–Trinajstić information content (AvgIpc) is 3.68. The summed E-state index contributed by atoms with van der Waals surface area (Å²) in [5.74, 6) is 0.790. The molecule has 0 amide bonds. The van der Waals surface area contributed by atoms with Gasteiger partial charge in [0, 0.05) is 25.7 Å². The highest BCUT2D eigenvalue weighted by molar-refractivity contribution is 7.47. The lowest BCUT2D eigenvalue weighted by Gasteiger charge is -2.21. The highest BCUT2D eigenvalue weighted by Gasteiger charge is 2.30. The maximum Gasteiger partial charge on any atom is 0.472 e. The van der Waals surface area contributed by atoms with Gasteiger partial charge in [0.15, 0.2) is 12.2 Å². The van der Waals surface area contributed by atoms with Crippen molar-refractivity contribution in [1.82, 2.24) is 0 Å². The number of phosphoric acid groups is 2. The molecule has 3 unspecified atom stereocenters. The van der Waals surface area contributed by atoms with E-state index in [0.717, 1.165) is 115 Å². The van der Waals surface area contributed by atoms with Crippen LogP contribution in [0.2, 0.25) is 0 Å². The van der Waals surface area contributed by atoms with Crippen LogP contribution in [-0.4, -0.2) is 96.7 Å². The minimum atomic E-state index is -4.95. The van der Waals surface area contributed by atoms with Gasteiger partial charge in [-0.2, -0.15) is 0 Å². The number of aliphatic hydroxyl groups excluding tert-OH is 1. The van der Waals surface area contributed by atoms with Crippen molar-refractivity contribution in [3.05, 3.63) is 0 Å². The largest absolute Gasteiger partial charge is 0.472 e. The molecule has 3 N–H and O–H groups in total. The molecule has 17 nitrogen and oxygen atoms in total. The van der Waals surface area contributed by atoms with Crippen LogP contribution in [0.15, 0.2) is 0 Å². The topological polar surface area (TPSA) is 237 Å². The standard InChI is InChI=1S/C69H134O17P2/c1-59(2)45-37-29-21-16-12-10-9-11-13-18-24-35-43-51-68(73)86-65(56-80-67(72)50-42-34-28-27-32-40-48-62(7)8)58-84-88(77,78)82-54-63(70)53-81-87(75,76)83-57-64(55-79-66(71)49-41-33-26-20-23-31-39-47-61(5)6)85-69(74)52-44-36-25-19-15-14-17-22-30-38-46-60(3)4/h59-65,70H,9-58H2,1-8H3,(H,75,76)(H,77,78)/t63?,64-,65-/m1/s1. The second-order valence-corrected chi connectivity index (χ2v) is 29.7. The van der Waals surface area contributed by atoms with Gasteiger partial charge in [-0.05, 0) is 49.4 Å². The lowest BCUT2D eigenvalue weighted by molar-refractivity contribution is -0.161. The summed E-state index contributed by atoms with van der Waals surface area (Å²) in [7, 11) is -9.90. The van der Waals surface area contributed by atoms with Crippen LogP contribution in [0.1, 0.15) is 338 Å². The Kier molecular flexibility index (Phi) is 57.6. The Labute approximate surface area is 537 Å². The molecule has 0 aliphatic heterocycles. The first-order valence-electron chi connectivity index (χ1n) is 35.7. The lowest BCUT2D eigenvalue weighted by atomic mass is 10.0. The fraction of sp³-hybridized carbons (Fsp3) is 0.942. The van der Waals surface area contributed by atoms with Gasteiger partial charge in [0.2, 0.25) is 0 Å². The molecule has 0 spiro atoms. The number of hydrogen-bond acceptors (Lipinski definition) is 15. The van der Waals surface area contributed by atoms with Crippen LogP contribution in [-0.2, 0) is 65.4 Å². The molecule has 0 bridgehead atoms. The summed E-state index contributed by atoms with van der Waals surface area (Å²) < 4.78 is 68.2. The minimum Gasteiger partial charge on any atom is -0.462 e. The van der Waals surface area contributed by atoms with Gasteiger partial charge in [-0.25, -0.2) is 9.13 Å². The fourth-order valence-electron chi connectivity index (χ4n) is 10.3. The Morgan fingerprint density at radius 3 is 0.705 bits per heavy atom. The van der Waals surface area contributed by atoms with Crippen molar-refractivity contribution in [2.45, 2.75) is 356 Å². The molecule has 0 heterocycles. The monoisotopic (exact) mass is 1300 g/mol. The van der Waals surface area contributed by atoms with Crippen LogP contribution in [0.4, 0.5) is 0 Å². The van der Waals surface area contributed by atoms with E-state index in [1.165, 1.54) is 128 Å². The number of phosphoric ester groups is 2. The molecular weight excluding hydrogens is 1160 g/mol. The zero-order valence-corrected chi connectivity index (χ0v) is 59.1. The molecule has 88 heavy (non-hydrogen) atoms. The molecule has 0 radical (unpaired) electrons. The van der Waals surface area contributed by atoms with Gasteiger partial charge in [-0.3, -0.25) is 37.3 Å². The van der Waals surface area contributed by atoms with E-state index in [4.69, 9.17) is 37.0 Å². The third kappa shape index (κ3) is 62.8. The highest BCUT2D eigenvalue weighted by Crippen LogP contribution is 2.45. The molecule has 0 saturated heterocycles. The second kappa shape index (κ2) is 58.8. The first kappa shape index (κ1) is 86.1. The van der Waals surface area contributed by atoms with Crippen LogP contribution in [0.25, 0.3) is 0 Å². The SMILES string of the molecule is CC(C)CCCCCCCCCCCCCCCC(=O)O[C@H](COC(=O)CCCCCCCCC(C)C)COP(=O)(O)OCC(O)COP(=O)(O)OC[C@@H](COC(=O)CCCCCCCCCC(C)C)OC(=O)CCCCCCCCCCCCC(C)C. The Hall–Kier alpha value is -1.94. The normalized spacial score (nSPS) is 14.3. The van der Waals surface area contributed by atoms with E-state index in [-0.39, 0.29) is 25.7 Å². The van der Waals surface area contributed by atoms with Gasteiger partial charge in [-0.1, -0.05) is 287 Å². The first-order chi connectivity index (χ1) is 42.1. The van der Waals surface area contributed by atoms with Gasteiger partial charge in [0.25, 0.3) is 0 Å². The van der Waals surface area contributed by atoms with Gasteiger partial charge in [-0.15, -0.1) is 0 Å². The lowest BCUT2D eigenvalue weighted by Crippen LogP contribution is -2.30. The van der Waals surface area contributed by atoms with E-state index in [9.17, 15) is 43.2 Å². The predicted molar refractivity (Wildman–Crippen MR) is 354 cm³/mol. The van der Waals surface area contributed by atoms with Crippen LogP contribution in [0.3, 0.4) is 0 Å². The molecule has 0 rings (SSSR count). The second-order valence-electron chi connectivity index (χ2n) is 26.8. The molecule has 5 atom stereocenters. The summed E-state index contributed by atoms with van der Waals surface area (Å²) >= 11 is 0. The minimum absolute atomic E-state index is 0.104. The number of ether oxygens (including phenoxy) is 4. The van der Waals surface area contributed by atoms with Crippen LogP contribution in [0.5, 0.6) is 0 Å². The maximum absolute atomic E-state index is 13.0. The molecule has 0 aliphatic rings. The van der Waals surface area contributed by atoms with Crippen molar-refractivity contribution in [1.29, 1.82) is 0 Å². The Morgan fingerprint density at radius 2 is 0.477 bits per heavy atom. The van der Waals surface area contributed by atoms with Crippen molar-refractivity contribution in [2.75, 3.05) is 39.6 Å². The van der Waals surface area contributed by atoms with Crippen molar-refractivity contribution in [2.24, 2.45) is 23.7 Å². The number of rotatable bonds is 66. The molecule has 0 fully saturated rings. The number of hydrogen-bond donors (Lipinski definition) is 3. The smallest absolute Gasteiger partial charge is 0.462 e. The molecular formula is C69H134O17P2. The zero-order chi connectivity index (χ0) is 65.4. The van der Waals surface area contributed by atoms with Crippen LogP contribution in [0, 0.1) is 23.7 Å². The van der Waals surface area contributed by atoms with Gasteiger partial charge >= 0.3 is 39.5 Å². The van der Waals surface area contributed by atoms with Gasteiger partial charge in [0.05, 0.1) is 26.4 Å². The maximum atomic E-state index is 13.0. The number of carbonyl (C=O) groups excluding carboxylic acids is 4. The molecule has 0 saturated carbocycles. The fourth-order valence-corrected chi connectivity index (χ4v) is 11.9. The third-order valence-corrected chi connectivity index (χ3v) is 17.7. The number of unbranched alkanes of at least 4 members (excludes halogenated alkanes) is 32. The van der Waals surface area contributed by atoms with Crippen LogP contribution >= 0.6 is 15.6 Å². The summed E-state index contributed by atoms with van der Waals surface area (Å²) in [4.78, 5) is 72.4. The van der Waals surface area contributed by atoms with Crippen molar-refractivity contribution < 1.29 is 80.2 Å². The van der Waals surface area contributed by atoms with E-state index in [2.05, 4.69) is 55.4 Å². The van der Waals surface area contributed by atoms with Gasteiger partial charge in [0.1, 0.15) is 19.3 Å². The Morgan fingerprint density at radius 1 is 0.284 bits per heavy atom. The molecule has 0 aromatic carbocycles. The summed E-state index contributed by atoms with van der Waals surface area (Å²) in [6, 6.07) is 0. The molecule has 0 aliphatic carbocycles. The molecule has 19 heteroatoms. The number of aliphatic hydroxyl groups is 1. The van der Waals surface area contributed by atoms with E-state index >= 15 is 0 Å². The molecule has 0 aromatic rings. The summed E-state index contributed by atoms with van der Waals surface area (Å²) in [6.07, 6.45) is 40.5. The molecule has 0 aromatic heterocycles. The van der Waals surface area contributed by atoms with Crippen molar-refractivity contribution in [3.63, 3.8) is 0 Å². The van der Waals surface area contributed by atoms with E-state index in [1.54, 1.807) is 0 Å². The average molecular weight is 1300 g/mol. The Balaban J connectivity index is 5.23. The summed E-state index contributed by atoms with van der Waals surface area (Å²) in [6.45, 7) is 14.0. The predicted octanol–water partition coefficient (Wildman–Crippen LogP) is 19.3. The highest BCUT2D eigenvalue weighted by atomic mass is 31.2. The van der Waals surface area contributed by atoms with E-state index in [0.29, 0.717) is 37.5 Å². The number of carbonyl (C=O) groups is 4. The quantitative estimate of drug-likeness (QED) is 0.0222. The zero-order valence-electron chi connectivity index (χ0n) is 57.3. The Bertz CT molecular complexity index is 1750. The first-order valence-corrected chi connectivity index (χ1v) is 38.7. The van der Waals surface area contributed by atoms with Gasteiger partial charge < -0.3 is 33.8 Å². The summed E-state index contributed by atoms with van der Waals surface area (Å²) in [5.41, 5.74) is 0.